The van der Waals surface area contributed by atoms with Gasteiger partial charge in [0.25, 0.3) is 5.91 Å². The Kier molecular flexibility index (Phi) is 7.19. The molecule has 7 heteroatoms. The van der Waals surface area contributed by atoms with Gasteiger partial charge in [-0.05, 0) is 17.7 Å². The van der Waals surface area contributed by atoms with Crippen LogP contribution in [0.5, 0.6) is 0 Å². The van der Waals surface area contributed by atoms with Gasteiger partial charge >= 0.3 is 5.97 Å². The highest BCUT2D eigenvalue weighted by Gasteiger charge is 2.19. The number of carbonyl (C=O) groups excluding carboxylic acids is 2. The lowest BCUT2D eigenvalue weighted by Crippen LogP contribution is -2.43. The second-order valence-electron chi connectivity index (χ2n) is 6.94. The number of anilines is 1. The molecule has 0 atom stereocenters. The van der Waals surface area contributed by atoms with Gasteiger partial charge in [-0.1, -0.05) is 42.5 Å². The van der Waals surface area contributed by atoms with Crippen LogP contribution in [0.4, 0.5) is 5.69 Å². The summed E-state index contributed by atoms with van der Waals surface area (Å²) in [6.07, 6.45) is 1.59. The Morgan fingerprint density at radius 1 is 1.07 bits per heavy atom. The summed E-state index contributed by atoms with van der Waals surface area (Å²) in [5.41, 5.74) is 1.80. The molecule has 2 aromatic rings. The fourth-order valence-electron chi connectivity index (χ4n) is 3.28. The average Bonchev–Trinajstić information content (AvgIpc) is 2.79. The Balaban J connectivity index is 1.60. The minimum absolute atomic E-state index is 0.00817. The molecule has 1 heterocycles. The van der Waals surface area contributed by atoms with E-state index < -0.39 is 11.9 Å². The number of hydrogen-bond acceptors (Lipinski definition) is 6. The lowest BCUT2D eigenvalue weighted by molar-refractivity contribution is -0.112. The number of ether oxygens (including phenoxy) is 1. The molecular formula is C23H24N4O3. The zero-order chi connectivity index (χ0) is 21.3. The maximum absolute atomic E-state index is 12.6. The summed E-state index contributed by atoms with van der Waals surface area (Å²) in [6.45, 7) is 4.02. The molecule has 0 aromatic heterocycles. The summed E-state index contributed by atoms with van der Waals surface area (Å²) in [4.78, 5) is 28.8. The molecule has 1 fully saturated rings. The van der Waals surface area contributed by atoms with E-state index in [1.165, 1.54) is 12.7 Å². The van der Waals surface area contributed by atoms with Gasteiger partial charge in [0.1, 0.15) is 11.6 Å². The van der Waals surface area contributed by atoms with E-state index in [2.05, 4.69) is 22.3 Å². The van der Waals surface area contributed by atoms with E-state index >= 15 is 0 Å². The monoisotopic (exact) mass is 404 g/mol. The van der Waals surface area contributed by atoms with Crippen LogP contribution in [0.3, 0.4) is 0 Å². The molecule has 1 aliphatic rings. The van der Waals surface area contributed by atoms with Crippen LogP contribution in [-0.2, 0) is 16.1 Å². The molecule has 30 heavy (non-hydrogen) atoms. The third-order valence-electron chi connectivity index (χ3n) is 4.91. The van der Waals surface area contributed by atoms with Crippen LogP contribution in [0.1, 0.15) is 15.9 Å². The molecule has 0 saturated carbocycles. The summed E-state index contributed by atoms with van der Waals surface area (Å²) in [5.74, 6) is -1.11. The number of carbonyl (C=O) groups is 2. The number of nitrogens with one attached hydrogen (secondary N) is 1. The van der Waals surface area contributed by atoms with Crippen LogP contribution in [0, 0.1) is 11.3 Å². The Hall–Kier alpha value is -3.63. The molecule has 0 bridgehead atoms. The average molecular weight is 404 g/mol. The first-order chi connectivity index (χ1) is 14.6. The van der Waals surface area contributed by atoms with Gasteiger partial charge in [0.05, 0.1) is 18.4 Å². The molecule has 3 rings (SSSR count). The number of nitrogens with zero attached hydrogens (tertiary/aromatic N) is 3. The summed E-state index contributed by atoms with van der Waals surface area (Å²) >= 11 is 0. The van der Waals surface area contributed by atoms with Crippen LogP contribution in [0.25, 0.3) is 0 Å². The van der Waals surface area contributed by atoms with Gasteiger partial charge < -0.3 is 15.0 Å². The van der Waals surface area contributed by atoms with Gasteiger partial charge in [-0.3, -0.25) is 9.69 Å². The molecule has 0 spiro atoms. The van der Waals surface area contributed by atoms with Crippen molar-refractivity contribution in [2.75, 3.05) is 38.6 Å². The van der Waals surface area contributed by atoms with Crippen molar-refractivity contribution in [1.29, 1.82) is 5.26 Å². The SMILES string of the molecule is COC(=O)c1ccccc1NC(=O)/C(C#N)=C\N1CCN(Cc2ccccc2)CC1. The van der Waals surface area contributed by atoms with Crippen molar-refractivity contribution >= 4 is 17.6 Å². The molecule has 1 N–H and O–H groups in total. The molecule has 0 aliphatic carbocycles. The van der Waals surface area contributed by atoms with E-state index in [9.17, 15) is 14.9 Å². The molecule has 0 radical (unpaired) electrons. The lowest BCUT2D eigenvalue weighted by atomic mass is 10.1. The minimum Gasteiger partial charge on any atom is -0.465 e. The number of piperazine rings is 1. The highest BCUT2D eigenvalue weighted by molar-refractivity contribution is 6.09. The standard InChI is InChI=1S/C23H24N4O3/c1-30-23(29)20-9-5-6-10-21(20)25-22(28)19(15-24)17-27-13-11-26(12-14-27)16-18-7-3-2-4-8-18/h2-10,17H,11-14,16H2,1H3,(H,25,28)/b19-17-. The molecule has 0 unspecified atom stereocenters. The summed E-state index contributed by atoms with van der Waals surface area (Å²) in [5, 5.41) is 12.1. The predicted octanol–water partition coefficient (Wildman–Crippen LogP) is 2.64. The number of methoxy groups -OCH3 is 1. The van der Waals surface area contributed by atoms with Crippen LogP contribution in [0.2, 0.25) is 0 Å². The van der Waals surface area contributed by atoms with Crippen molar-refractivity contribution in [3.63, 3.8) is 0 Å². The first-order valence-corrected chi connectivity index (χ1v) is 9.71. The van der Waals surface area contributed by atoms with Gasteiger partial charge in [-0.2, -0.15) is 5.26 Å². The zero-order valence-corrected chi connectivity index (χ0v) is 16.9. The molecule has 1 saturated heterocycles. The molecule has 2 aromatic carbocycles. The Morgan fingerprint density at radius 2 is 1.73 bits per heavy atom. The van der Waals surface area contributed by atoms with E-state index in [-0.39, 0.29) is 11.1 Å². The maximum Gasteiger partial charge on any atom is 0.339 e. The lowest BCUT2D eigenvalue weighted by Gasteiger charge is -2.34. The van der Waals surface area contributed by atoms with Crippen molar-refractivity contribution in [3.8, 4) is 6.07 Å². The molecule has 7 nitrogen and oxygen atoms in total. The third kappa shape index (κ3) is 5.46. The van der Waals surface area contributed by atoms with Gasteiger partial charge in [-0.25, -0.2) is 4.79 Å². The van der Waals surface area contributed by atoms with Gasteiger partial charge in [0.15, 0.2) is 0 Å². The minimum atomic E-state index is -0.555. The normalized spacial score (nSPS) is 14.7. The summed E-state index contributed by atoms with van der Waals surface area (Å²) in [6, 6.07) is 18.8. The van der Waals surface area contributed by atoms with Crippen molar-refractivity contribution in [2.45, 2.75) is 6.54 Å². The van der Waals surface area contributed by atoms with E-state index in [0.29, 0.717) is 5.69 Å². The Bertz CT molecular complexity index is 958. The van der Waals surface area contributed by atoms with Crippen LogP contribution in [0.15, 0.2) is 66.4 Å². The Labute approximate surface area is 176 Å². The van der Waals surface area contributed by atoms with Gasteiger partial charge in [-0.15, -0.1) is 0 Å². The van der Waals surface area contributed by atoms with Crippen LogP contribution < -0.4 is 5.32 Å². The predicted molar refractivity (Wildman–Crippen MR) is 113 cm³/mol. The van der Waals surface area contributed by atoms with Crippen molar-refractivity contribution in [1.82, 2.24) is 9.80 Å². The summed E-state index contributed by atoms with van der Waals surface area (Å²) < 4.78 is 4.74. The quantitative estimate of drug-likeness (QED) is 0.453. The van der Waals surface area contributed by atoms with Gasteiger partial charge in [0, 0.05) is 38.9 Å². The molecular weight excluding hydrogens is 380 g/mol. The first-order valence-electron chi connectivity index (χ1n) is 9.71. The smallest absolute Gasteiger partial charge is 0.339 e. The Morgan fingerprint density at radius 3 is 2.40 bits per heavy atom. The highest BCUT2D eigenvalue weighted by atomic mass is 16.5. The van der Waals surface area contributed by atoms with Crippen molar-refractivity contribution in [3.05, 3.63) is 77.5 Å². The number of amides is 1. The second-order valence-corrected chi connectivity index (χ2v) is 6.94. The van der Waals surface area contributed by atoms with Crippen LogP contribution >= 0.6 is 0 Å². The maximum atomic E-state index is 12.6. The first kappa shape index (κ1) is 21.1. The fraction of sp³-hybridized carbons (Fsp3) is 0.261. The second kappa shape index (κ2) is 10.2. The molecule has 1 amide bonds. The largest absolute Gasteiger partial charge is 0.465 e. The van der Waals surface area contributed by atoms with E-state index in [0.717, 1.165) is 32.7 Å². The number of esters is 1. The number of benzene rings is 2. The van der Waals surface area contributed by atoms with Crippen LogP contribution in [-0.4, -0.2) is 55.0 Å². The van der Waals surface area contributed by atoms with Crippen molar-refractivity contribution in [2.24, 2.45) is 0 Å². The third-order valence-corrected chi connectivity index (χ3v) is 4.91. The number of hydrogen-bond donors (Lipinski definition) is 1. The fourth-order valence-corrected chi connectivity index (χ4v) is 3.28. The molecule has 154 valence electrons. The van der Waals surface area contributed by atoms with Crippen molar-refractivity contribution < 1.29 is 14.3 Å². The molecule has 1 aliphatic heterocycles. The van der Waals surface area contributed by atoms with Gasteiger partial charge in [0.2, 0.25) is 0 Å². The number of nitriles is 1. The van der Waals surface area contributed by atoms with E-state index in [1.807, 2.05) is 29.2 Å². The van der Waals surface area contributed by atoms with E-state index in [1.54, 1.807) is 30.5 Å². The topological polar surface area (TPSA) is 85.7 Å². The van der Waals surface area contributed by atoms with E-state index in [4.69, 9.17) is 4.74 Å². The number of rotatable bonds is 6. The highest BCUT2D eigenvalue weighted by Crippen LogP contribution is 2.17. The zero-order valence-electron chi connectivity index (χ0n) is 16.9. The summed E-state index contributed by atoms with van der Waals surface area (Å²) in [7, 11) is 1.28. The number of para-hydroxylation sites is 1.